The van der Waals surface area contributed by atoms with Crippen LogP contribution in [0.5, 0.6) is 0 Å². The quantitative estimate of drug-likeness (QED) is 0.679. The van der Waals surface area contributed by atoms with Gasteiger partial charge in [0.05, 0.1) is 0 Å². The van der Waals surface area contributed by atoms with Crippen LogP contribution in [-0.4, -0.2) is 27.0 Å². The maximum absolute atomic E-state index is 12.1. The van der Waals surface area contributed by atoms with Crippen LogP contribution < -0.4 is 5.32 Å². The highest BCUT2D eigenvalue weighted by Crippen LogP contribution is 2.18. The van der Waals surface area contributed by atoms with Crippen LogP contribution >= 0.6 is 0 Å². The number of carbonyl (C=O) groups is 1. The van der Waals surface area contributed by atoms with E-state index in [2.05, 4.69) is 32.0 Å². The number of nitrogens with zero attached hydrogens (tertiary/aromatic N) is 3. The van der Waals surface area contributed by atoms with Crippen LogP contribution in [0, 0.1) is 6.92 Å². The molecule has 2 aromatic heterocycles. The predicted octanol–water partition coefficient (Wildman–Crippen LogP) is 3.39. The minimum atomic E-state index is 0.101. The molecular weight excluding hydrogens is 324 g/mol. The van der Waals surface area contributed by atoms with Gasteiger partial charge in [0.2, 0.25) is 5.91 Å². The normalized spacial score (nSPS) is 10.7. The fourth-order valence-corrected chi connectivity index (χ4v) is 2.97. The summed E-state index contributed by atoms with van der Waals surface area (Å²) < 4.78 is 2.12. The topological polar surface area (TPSA) is 59.8 Å². The van der Waals surface area contributed by atoms with Gasteiger partial charge in [-0.05, 0) is 37.5 Å². The summed E-state index contributed by atoms with van der Waals surface area (Å²) >= 11 is 0. The van der Waals surface area contributed by atoms with Gasteiger partial charge in [0.1, 0.15) is 5.82 Å². The van der Waals surface area contributed by atoms with Gasteiger partial charge in [0.25, 0.3) is 0 Å². The third-order valence-electron chi connectivity index (χ3n) is 4.36. The number of amides is 1. The molecule has 0 saturated carbocycles. The molecule has 5 heteroatoms. The van der Waals surface area contributed by atoms with Gasteiger partial charge in [0, 0.05) is 49.4 Å². The Morgan fingerprint density at radius 3 is 2.65 bits per heavy atom. The molecular formula is C21H24N4O. The molecule has 2 heterocycles. The molecule has 0 radical (unpaired) electrons. The van der Waals surface area contributed by atoms with Crippen molar-refractivity contribution >= 4 is 5.91 Å². The first kappa shape index (κ1) is 17.9. The summed E-state index contributed by atoms with van der Waals surface area (Å²) in [5.41, 5.74) is 3.38. The van der Waals surface area contributed by atoms with E-state index < -0.39 is 0 Å². The molecule has 5 nitrogen and oxygen atoms in total. The van der Waals surface area contributed by atoms with Crippen molar-refractivity contribution < 1.29 is 4.79 Å². The Kier molecular flexibility index (Phi) is 6.14. The molecule has 0 saturated heterocycles. The van der Waals surface area contributed by atoms with Crippen molar-refractivity contribution in [1.82, 2.24) is 19.9 Å². The Hall–Kier alpha value is -2.95. The van der Waals surface area contributed by atoms with Gasteiger partial charge in [0.15, 0.2) is 0 Å². The summed E-state index contributed by atoms with van der Waals surface area (Å²) in [6.45, 7) is 3.33. The lowest BCUT2D eigenvalue weighted by molar-refractivity contribution is -0.121. The maximum atomic E-state index is 12.1. The number of imidazole rings is 1. The molecule has 26 heavy (non-hydrogen) atoms. The lowest BCUT2D eigenvalue weighted by atomic mass is 10.1. The smallest absolute Gasteiger partial charge is 0.220 e. The maximum Gasteiger partial charge on any atom is 0.220 e. The Morgan fingerprint density at radius 1 is 1.12 bits per heavy atom. The summed E-state index contributed by atoms with van der Waals surface area (Å²) in [6, 6.07) is 14.2. The van der Waals surface area contributed by atoms with Gasteiger partial charge < -0.3 is 9.88 Å². The highest BCUT2D eigenvalue weighted by Gasteiger charge is 2.09. The molecule has 1 amide bonds. The Morgan fingerprint density at radius 2 is 1.88 bits per heavy atom. The number of hydrogen-bond donors (Lipinski definition) is 1. The van der Waals surface area contributed by atoms with Crippen molar-refractivity contribution in [2.75, 3.05) is 6.54 Å². The molecule has 0 aliphatic carbocycles. The average Bonchev–Trinajstić information content (AvgIpc) is 3.04. The van der Waals surface area contributed by atoms with Crippen LogP contribution in [0.15, 0.2) is 61.1 Å². The first-order chi connectivity index (χ1) is 12.7. The van der Waals surface area contributed by atoms with Crippen LogP contribution in [0.1, 0.15) is 24.1 Å². The Balaban J connectivity index is 1.46. The van der Waals surface area contributed by atoms with E-state index in [-0.39, 0.29) is 5.91 Å². The standard InChI is InChI=1S/C21H24N4O/c1-17-16-24-21(19-10-12-22-13-11-19)25(17)15-14-23-20(26)9-5-8-18-6-3-2-4-7-18/h2-4,6-7,10-13,16H,5,8-9,14-15H2,1H3,(H,23,26). The van der Waals surface area contributed by atoms with E-state index in [0.717, 1.165) is 29.9 Å². The van der Waals surface area contributed by atoms with Crippen molar-refractivity contribution in [3.63, 3.8) is 0 Å². The molecule has 3 aromatic rings. The van der Waals surface area contributed by atoms with Gasteiger partial charge in [-0.1, -0.05) is 30.3 Å². The van der Waals surface area contributed by atoms with E-state index in [4.69, 9.17) is 0 Å². The molecule has 0 aliphatic rings. The van der Waals surface area contributed by atoms with Crippen LogP contribution in [0.3, 0.4) is 0 Å². The monoisotopic (exact) mass is 348 g/mol. The van der Waals surface area contributed by atoms with E-state index in [1.165, 1.54) is 5.56 Å². The second kappa shape index (κ2) is 8.94. The lowest BCUT2D eigenvalue weighted by Gasteiger charge is -2.11. The second-order valence-electron chi connectivity index (χ2n) is 6.30. The molecule has 0 unspecified atom stereocenters. The number of benzene rings is 1. The number of rotatable bonds is 8. The molecule has 0 aliphatic heterocycles. The van der Waals surface area contributed by atoms with E-state index in [0.29, 0.717) is 19.5 Å². The number of aromatic nitrogens is 3. The number of carbonyl (C=O) groups excluding carboxylic acids is 1. The zero-order chi connectivity index (χ0) is 18.2. The zero-order valence-electron chi connectivity index (χ0n) is 15.1. The van der Waals surface area contributed by atoms with E-state index in [1.54, 1.807) is 12.4 Å². The third-order valence-corrected chi connectivity index (χ3v) is 4.36. The minimum absolute atomic E-state index is 0.101. The summed E-state index contributed by atoms with van der Waals surface area (Å²) in [4.78, 5) is 20.6. The molecule has 0 spiro atoms. The van der Waals surface area contributed by atoms with Gasteiger partial charge in [-0.15, -0.1) is 0 Å². The first-order valence-corrected chi connectivity index (χ1v) is 8.97. The highest BCUT2D eigenvalue weighted by atomic mass is 16.1. The van der Waals surface area contributed by atoms with Gasteiger partial charge in [-0.25, -0.2) is 4.98 Å². The zero-order valence-corrected chi connectivity index (χ0v) is 15.1. The number of hydrogen-bond acceptors (Lipinski definition) is 3. The summed E-state index contributed by atoms with van der Waals surface area (Å²) in [6.07, 6.45) is 7.73. The summed E-state index contributed by atoms with van der Waals surface area (Å²) in [5, 5.41) is 3.01. The SMILES string of the molecule is Cc1cnc(-c2ccncc2)n1CCNC(=O)CCCc1ccccc1. The molecule has 0 atom stereocenters. The van der Waals surface area contributed by atoms with E-state index >= 15 is 0 Å². The van der Waals surface area contributed by atoms with E-state index in [9.17, 15) is 4.79 Å². The minimum Gasteiger partial charge on any atom is -0.354 e. The average molecular weight is 348 g/mol. The van der Waals surface area contributed by atoms with Crippen molar-refractivity contribution in [2.45, 2.75) is 32.7 Å². The van der Waals surface area contributed by atoms with Gasteiger partial charge in [-0.2, -0.15) is 0 Å². The number of nitrogens with one attached hydrogen (secondary N) is 1. The fraction of sp³-hybridized carbons (Fsp3) is 0.286. The lowest BCUT2D eigenvalue weighted by Crippen LogP contribution is -2.27. The molecule has 3 rings (SSSR count). The van der Waals surface area contributed by atoms with Crippen LogP contribution in [0.4, 0.5) is 0 Å². The van der Waals surface area contributed by atoms with E-state index in [1.807, 2.05) is 43.5 Å². The predicted molar refractivity (Wildman–Crippen MR) is 103 cm³/mol. The second-order valence-corrected chi connectivity index (χ2v) is 6.30. The van der Waals surface area contributed by atoms with Crippen LogP contribution in [0.25, 0.3) is 11.4 Å². The molecule has 0 bridgehead atoms. The van der Waals surface area contributed by atoms with Crippen LogP contribution in [0.2, 0.25) is 0 Å². The first-order valence-electron chi connectivity index (χ1n) is 8.97. The van der Waals surface area contributed by atoms with Gasteiger partial charge >= 0.3 is 0 Å². The Labute approximate surface area is 154 Å². The molecule has 134 valence electrons. The van der Waals surface area contributed by atoms with Crippen LogP contribution in [-0.2, 0) is 17.8 Å². The van der Waals surface area contributed by atoms with Crippen molar-refractivity contribution in [2.24, 2.45) is 0 Å². The molecule has 0 fully saturated rings. The summed E-state index contributed by atoms with van der Waals surface area (Å²) in [7, 11) is 0. The summed E-state index contributed by atoms with van der Waals surface area (Å²) in [5.74, 6) is 1.01. The third kappa shape index (κ3) is 4.79. The largest absolute Gasteiger partial charge is 0.354 e. The number of aryl methyl sites for hydroxylation is 2. The van der Waals surface area contributed by atoms with Crippen molar-refractivity contribution in [1.29, 1.82) is 0 Å². The molecule has 1 aromatic carbocycles. The molecule has 1 N–H and O–H groups in total. The Bertz CT molecular complexity index is 828. The fourth-order valence-electron chi connectivity index (χ4n) is 2.97. The van der Waals surface area contributed by atoms with Gasteiger partial charge in [-0.3, -0.25) is 9.78 Å². The van der Waals surface area contributed by atoms with Crippen molar-refractivity contribution in [3.8, 4) is 11.4 Å². The van der Waals surface area contributed by atoms with Crippen molar-refractivity contribution in [3.05, 3.63) is 72.3 Å². The number of pyridine rings is 1. The highest BCUT2D eigenvalue weighted by molar-refractivity contribution is 5.75.